The zero-order valence-corrected chi connectivity index (χ0v) is 18.0. The quantitative estimate of drug-likeness (QED) is 0.418. The molecule has 0 radical (unpaired) electrons. The molecule has 1 saturated heterocycles. The molecule has 2 aromatic carbocycles. The molecule has 3 aliphatic heterocycles. The van der Waals surface area contributed by atoms with Crippen molar-refractivity contribution >= 4 is 17.4 Å². The minimum atomic E-state index is -0.816. The Morgan fingerprint density at radius 1 is 0.939 bits per heavy atom. The Labute approximate surface area is 190 Å². The van der Waals surface area contributed by atoms with Crippen LogP contribution in [-0.4, -0.2) is 68.4 Å². The number of carbonyl (C=O) groups is 2. The summed E-state index contributed by atoms with van der Waals surface area (Å²) < 4.78 is 27.6. The number of carbonyl (C=O) groups excluding carboxylic acids is 2. The van der Waals surface area contributed by atoms with E-state index in [9.17, 15) is 14.7 Å². The van der Waals surface area contributed by atoms with E-state index in [1.165, 1.54) is 12.0 Å². The lowest BCUT2D eigenvalue weighted by Crippen LogP contribution is -2.32. The van der Waals surface area contributed by atoms with Gasteiger partial charge >= 0.3 is 0 Å². The van der Waals surface area contributed by atoms with Crippen LogP contribution in [0, 0.1) is 0 Å². The number of fused-ring (bicyclic) bond motifs is 2. The van der Waals surface area contributed by atoms with Crippen molar-refractivity contribution in [2.75, 3.05) is 46.7 Å². The van der Waals surface area contributed by atoms with Gasteiger partial charge in [-0.2, -0.15) is 0 Å². The Bertz CT molecular complexity index is 1140. The van der Waals surface area contributed by atoms with Gasteiger partial charge in [-0.3, -0.25) is 9.59 Å². The first-order chi connectivity index (χ1) is 16.1. The van der Waals surface area contributed by atoms with Gasteiger partial charge < -0.3 is 33.7 Å². The van der Waals surface area contributed by atoms with Crippen molar-refractivity contribution in [2.45, 2.75) is 6.04 Å². The number of benzene rings is 2. The van der Waals surface area contributed by atoms with Crippen LogP contribution in [0.2, 0.25) is 0 Å². The summed E-state index contributed by atoms with van der Waals surface area (Å²) in [4.78, 5) is 27.4. The molecule has 1 atom stereocenters. The molecule has 9 nitrogen and oxygen atoms in total. The number of nitrogens with zero attached hydrogens (tertiary/aromatic N) is 1. The molecule has 5 rings (SSSR count). The molecule has 0 aromatic heterocycles. The Morgan fingerprint density at radius 3 is 2.21 bits per heavy atom. The van der Waals surface area contributed by atoms with Crippen LogP contribution >= 0.6 is 0 Å². The van der Waals surface area contributed by atoms with E-state index in [1.807, 2.05) is 0 Å². The maximum atomic E-state index is 13.1. The highest BCUT2D eigenvalue weighted by atomic mass is 16.6. The van der Waals surface area contributed by atoms with Crippen molar-refractivity contribution in [1.29, 1.82) is 0 Å². The van der Waals surface area contributed by atoms with Crippen molar-refractivity contribution in [3.05, 3.63) is 53.1 Å². The smallest absolute Gasteiger partial charge is 0.295 e. The van der Waals surface area contributed by atoms with E-state index >= 15 is 0 Å². The molecular weight excluding hydrogens is 430 g/mol. The molecule has 1 amide bonds. The monoisotopic (exact) mass is 453 g/mol. The van der Waals surface area contributed by atoms with Crippen molar-refractivity contribution in [3.8, 4) is 23.0 Å². The molecule has 0 aliphatic carbocycles. The molecule has 0 bridgehead atoms. The van der Waals surface area contributed by atoms with E-state index < -0.39 is 17.7 Å². The van der Waals surface area contributed by atoms with Crippen LogP contribution in [0.15, 0.2) is 42.0 Å². The first kappa shape index (κ1) is 21.1. The third kappa shape index (κ3) is 3.74. The standard InChI is InChI=1S/C24H23NO8/c1-29-7-6-25-21(14-2-4-16-18(12-14)32-10-8-30-16)20(23(27)24(25)28)22(26)15-3-5-17-19(13-15)33-11-9-31-17/h2-5,12-13,21,26H,6-11H2,1H3/b22-20-. The molecule has 1 fully saturated rings. The minimum absolute atomic E-state index is 0.00976. The summed E-state index contributed by atoms with van der Waals surface area (Å²) in [7, 11) is 1.52. The van der Waals surface area contributed by atoms with Gasteiger partial charge in [0, 0.05) is 19.2 Å². The maximum absolute atomic E-state index is 13.1. The number of likely N-dealkylation sites (tertiary alicyclic amines) is 1. The van der Waals surface area contributed by atoms with Crippen LogP contribution < -0.4 is 18.9 Å². The fourth-order valence-corrected chi connectivity index (χ4v) is 4.22. The van der Waals surface area contributed by atoms with Crippen LogP contribution in [0.4, 0.5) is 0 Å². The largest absolute Gasteiger partial charge is 0.507 e. The second-order valence-corrected chi connectivity index (χ2v) is 7.75. The van der Waals surface area contributed by atoms with Gasteiger partial charge in [0.25, 0.3) is 11.7 Å². The van der Waals surface area contributed by atoms with Crippen LogP contribution in [-0.2, 0) is 14.3 Å². The number of Topliss-reactive ketones (excluding diaryl/α,β-unsaturated/α-hetero) is 1. The zero-order chi connectivity index (χ0) is 22.9. The van der Waals surface area contributed by atoms with Crippen molar-refractivity contribution < 1.29 is 38.4 Å². The number of rotatable bonds is 5. The molecule has 1 N–H and O–H groups in total. The average Bonchev–Trinajstić information content (AvgIpc) is 3.11. The van der Waals surface area contributed by atoms with Crippen molar-refractivity contribution in [2.24, 2.45) is 0 Å². The number of amides is 1. The van der Waals surface area contributed by atoms with Gasteiger partial charge in [-0.05, 0) is 35.9 Å². The fraction of sp³-hybridized carbons (Fsp3) is 0.333. The minimum Gasteiger partial charge on any atom is -0.507 e. The molecule has 9 heteroatoms. The van der Waals surface area contributed by atoms with Crippen LogP contribution in [0.1, 0.15) is 17.2 Å². The van der Waals surface area contributed by atoms with Gasteiger partial charge in [0.15, 0.2) is 23.0 Å². The normalized spacial score (nSPS) is 20.8. The molecule has 0 saturated carbocycles. The first-order valence-electron chi connectivity index (χ1n) is 10.7. The van der Waals surface area contributed by atoms with E-state index in [0.717, 1.165) is 0 Å². The number of hydrogen-bond donors (Lipinski definition) is 1. The Hall–Kier alpha value is -3.72. The number of ether oxygens (including phenoxy) is 5. The molecule has 2 aromatic rings. The fourth-order valence-electron chi connectivity index (χ4n) is 4.22. The predicted molar refractivity (Wildman–Crippen MR) is 116 cm³/mol. The lowest BCUT2D eigenvalue weighted by Gasteiger charge is -2.26. The highest BCUT2D eigenvalue weighted by Crippen LogP contribution is 2.43. The summed E-state index contributed by atoms with van der Waals surface area (Å²) in [6.45, 7) is 2.08. The average molecular weight is 453 g/mol. The van der Waals surface area contributed by atoms with Crippen molar-refractivity contribution in [3.63, 3.8) is 0 Å². The van der Waals surface area contributed by atoms with Gasteiger partial charge in [0.2, 0.25) is 0 Å². The Balaban J connectivity index is 1.62. The number of aliphatic hydroxyl groups excluding tert-OH is 1. The summed E-state index contributed by atoms with van der Waals surface area (Å²) in [5.41, 5.74) is 0.963. The summed E-state index contributed by atoms with van der Waals surface area (Å²) >= 11 is 0. The van der Waals surface area contributed by atoms with E-state index in [0.29, 0.717) is 60.6 Å². The third-order valence-corrected chi connectivity index (χ3v) is 5.77. The van der Waals surface area contributed by atoms with Gasteiger partial charge in [0.05, 0.1) is 18.2 Å². The van der Waals surface area contributed by atoms with Crippen LogP contribution in [0.25, 0.3) is 5.76 Å². The Morgan fingerprint density at radius 2 is 1.55 bits per heavy atom. The number of aliphatic hydroxyl groups is 1. The van der Waals surface area contributed by atoms with Crippen LogP contribution in [0.3, 0.4) is 0 Å². The van der Waals surface area contributed by atoms with E-state index in [4.69, 9.17) is 23.7 Å². The molecule has 3 aliphatic rings. The zero-order valence-electron chi connectivity index (χ0n) is 18.0. The molecule has 0 spiro atoms. The summed E-state index contributed by atoms with van der Waals surface area (Å²) in [5, 5.41) is 11.2. The highest BCUT2D eigenvalue weighted by Gasteiger charge is 2.46. The number of hydrogen-bond acceptors (Lipinski definition) is 8. The molecule has 1 unspecified atom stereocenters. The lowest BCUT2D eigenvalue weighted by atomic mass is 9.94. The van der Waals surface area contributed by atoms with Gasteiger partial charge in [0.1, 0.15) is 32.2 Å². The number of methoxy groups -OCH3 is 1. The molecule has 3 heterocycles. The summed E-state index contributed by atoms with van der Waals surface area (Å²) in [5.74, 6) is 0.382. The van der Waals surface area contributed by atoms with Gasteiger partial charge in [-0.25, -0.2) is 0 Å². The van der Waals surface area contributed by atoms with Gasteiger partial charge in [-0.1, -0.05) is 6.07 Å². The molecule has 172 valence electrons. The second kappa shape index (κ2) is 8.67. The topological polar surface area (TPSA) is 104 Å². The third-order valence-electron chi connectivity index (χ3n) is 5.77. The van der Waals surface area contributed by atoms with Crippen molar-refractivity contribution in [1.82, 2.24) is 4.90 Å². The van der Waals surface area contributed by atoms with E-state index in [1.54, 1.807) is 36.4 Å². The summed E-state index contributed by atoms with van der Waals surface area (Å²) in [6, 6.07) is 9.33. The lowest BCUT2D eigenvalue weighted by molar-refractivity contribution is -0.140. The first-order valence-corrected chi connectivity index (χ1v) is 10.7. The van der Waals surface area contributed by atoms with E-state index in [-0.39, 0.29) is 24.5 Å². The predicted octanol–water partition coefficient (Wildman–Crippen LogP) is 2.30. The van der Waals surface area contributed by atoms with Crippen LogP contribution in [0.5, 0.6) is 23.0 Å². The molecular formula is C24H23NO8. The number of ketones is 1. The highest BCUT2D eigenvalue weighted by molar-refractivity contribution is 6.46. The SMILES string of the molecule is COCCN1C(=O)C(=O)/C(=C(\O)c2ccc3c(c2)OCCO3)C1c1ccc2c(c1)OCCO2. The maximum Gasteiger partial charge on any atom is 0.295 e. The van der Waals surface area contributed by atoms with Gasteiger partial charge in [-0.15, -0.1) is 0 Å². The Kier molecular flexibility index (Phi) is 5.55. The molecule has 33 heavy (non-hydrogen) atoms. The summed E-state index contributed by atoms with van der Waals surface area (Å²) in [6.07, 6.45) is 0. The van der Waals surface area contributed by atoms with E-state index in [2.05, 4.69) is 0 Å². The second-order valence-electron chi connectivity index (χ2n) is 7.75.